The van der Waals surface area contributed by atoms with E-state index >= 15 is 0 Å². The topological polar surface area (TPSA) is 71.4 Å². The molecule has 1 aliphatic carbocycles. The monoisotopic (exact) mass is 441 g/mol. The van der Waals surface area contributed by atoms with Crippen molar-refractivity contribution < 1.29 is 9.59 Å². The van der Waals surface area contributed by atoms with Crippen molar-refractivity contribution in [3.63, 3.8) is 0 Å². The van der Waals surface area contributed by atoms with Crippen molar-refractivity contribution in [2.24, 2.45) is 0 Å². The molecule has 0 spiro atoms. The lowest BCUT2D eigenvalue weighted by Gasteiger charge is -2.27. The number of nitrogens with zero attached hydrogens (tertiary/aromatic N) is 2. The van der Waals surface area contributed by atoms with Gasteiger partial charge in [0, 0.05) is 37.6 Å². The summed E-state index contributed by atoms with van der Waals surface area (Å²) in [5.74, 6) is -0.634. The van der Waals surface area contributed by atoms with Crippen LogP contribution in [0.2, 0.25) is 0 Å². The Balaban J connectivity index is 1.61. The molecular weight excluding hydrogens is 410 g/mol. The van der Waals surface area contributed by atoms with Gasteiger partial charge in [0.25, 0.3) is 11.8 Å². The van der Waals surface area contributed by atoms with Gasteiger partial charge < -0.3 is 14.8 Å². The van der Waals surface area contributed by atoms with Gasteiger partial charge in [-0.2, -0.15) is 11.3 Å². The third-order valence-electron chi connectivity index (χ3n) is 6.41. The minimum Gasteiger partial charge on any atom is -0.349 e. The molecule has 1 unspecified atom stereocenters. The van der Waals surface area contributed by atoms with Gasteiger partial charge in [0.1, 0.15) is 11.1 Å². The van der Waals surface area contributed by atoms with Crippen LogP contribution in [0.4, 0.5) is 0 Å². The largest absolute Gasteiger partial charge is 0.349 e. The quantitative estimate of drug-likeness (QED) is 0.736. The van der Waals surface area contributed by atoms with Crippen molar-refractivity contribution in [2.75, 3.05) is 13.1 Å². The molecule has 1 N–H and O–H groups in total. The molecule has 1 aliphatic heterocycles. The third kappa shape index (κ3) is 5.09. The number of carbonyl (C=O) groups is 2. The van der Waals surface area contributed by atoms with Crippen LogP contribution in [0, 0.1) is 0 Å². The zero-order chi connectivity index (χ0) is 21.8. The Labute approximate surface area is 187 Å². The molecule has 1 atom stereocenters. The predicted octanol–water partition coefficient (Wildman–Crippen LogP) is 4.01. The first-order chi connectivity index (χ1) is 15.0. The van der Waals surface area contributed by atoms with Gasteiger partial charge in [-0.15, -0.1) is 0 Å². The van der Waals surface area contributed by atoms with Crippen LogP contribution in [0.3, 0.4) is 0 Å². The second kappa shape index (κ2) is 9.81. The highest BCUT2D eigenvalue weighted by Crippen LogP contribution is 2.29. The second-order valence-corrected chi connectivity index (χ2v) is 9.64. The van der Waals surface area contributed by atoms with E-state index < -0.39 is 11.3 Å². The number of thiophene rings is 1. The highest BCUT2D eigenvalue weighted by molar-refractivity contribution is 7.07. The second-order valence-electron chi connectivity index (χ2n) is 8.86. The van der Waals surface area contributed by atoms with Crippen LogP contribution in [-0.2, 0) is 6.42 Å². The molecule has 2 fully saturated rings. The van der Waals surface area contributed by atoms with Crippen molar-refractivity contribution in [3.8, 4) is 0 Å². The number of nitrogens with one attached hydrogen (secondary N) is 1. The summed E-state index contributed by atoms with van der Waals surface area (Å²) >= 11 is 1.63. The number of hydrogen-bond acceptors (Lipinski definition) is 4. The summed E-state index contributed by atoms with van der Waals surface area (Å²) in [7, 11) is 0. The predicted molar refractivity (Wildman–Crippen MR) is 123 cm³/mol. The molecule has 4 rings (SSSR count). The molecule has 0 bridgehead atoms. The first-order valence-corrected chi connectivity index (χ1v) is 12.3. The van der Waals surface area contributed by atoms with Gasteiger partial charge in [-0.05, 0) is 67.8 Å². The first kappa shape index (κ1) is 21.8. The number of amides is 2. The summed E-state index contributed by atoms with van der Waals surface area (Å²) in [4.78, 5) is 41.3. The van der Waals surface area contributed by atoms with Gasteiger partial charge in [0.15, 0.2) is 0 Å². The number of rotatable bonds is 6. The van der Waals surface area contributed by atoms with Crippen LogP contribution in [0.1, 0.15) is 84.2 Å². The van der Waals surface area contributed by atoms with Crippen LogP contribution < -0.4 is 10.7 Å². The fourth-order valence-electron chi connectivity index (χ4n) is 4.71. The van der Waals surface area contributed by atoms with Gasteiger partial charge in [-0.3, -0.25) is 14.4 Å². The summed E-state index contributed by atoms with van der Waals surface area (Å²) in [5.41, 5.74) is 0.916. The Morgan fingerprint density at radius 3 is 2.48 bits per heavy atom. The molecule has 0 radical (unpaired) electrons. The van der Waals surface area contributed by atoms with E-state index in [0.717, 1.165) is 50.5 Å². The fraction of sp³-hybridized carbons (Fsp3) is 0.542. The van der Waals surface area contributed by atoms with Crippen LogP contribution in [0.25, 0.3) is 0 Å². The lowest BCUT2D eigenvalue weighted by Crippen LogP contribution is -2.41. The third-order valence-corrected chi connectivity index (χ3v) is 7.14. The number of piperidine rings is 1. The van der Waals surface area contributed by atoms with Gasteiger partial charge in [0.2, 0.25) is 5.43 Å². The lowest BCUT2D eigenvalue weighted by molar-refractivity contribution is 0.0722. The molecule has 1 saturated carbocycles. The van der Waals surface area contributed by atoms with Crippen LogP contribution >= 0.6 is 11.3 Å². The van der Waals surface area contributed by atoms with Crippen molar-refractivity contribution in [2.45, 2.75) is 70.4 Å². The summed E-state index contributed by atoms with van der Waals surface area (Å²) in [6.07, 6.45) is 11.4. The number of likely N-dealkylation sites (tertiary alicyclic amines) is 1. The van der Waals surface area contributed by atoms with E-state index in [2.05, 4.69) is 10.7 Å². The number of pyridine rings is 1. The van der Waals surface area contributed by atoms with Gasteiger partial charge >= 0.3 is 0 Å². The zero-order valence-electron chi connectivity index (χ0n) is 18.1. The van der Waals surface area contributed by atoms with E-state index in [1.54, 1.807) is 28.6 Å². The molecular formula is C24H31N3O3S. The molecule has 6 nitrogen and oxygen atoms in total. The number of carbonyl (C=O) groups excluding carboxylic acids is 2. The molecule has 2 amide bonds. The maximum Gasteiger partial charge on any atom is 0.259 e. The molecule has 31 heavy (non-hydrogen) atoms. The van der Waals surface area contributed by atoms with Crippen molar-refractivity contribution in [1.82, 2.24) is 14.8 Å². The molecule has 166 valence electrons. The van der Waals surface area contributed by atoms with Crippen LogP contribution in [0.15, 0.2) is 34.0 Å². The van der Waals surface area contributed by atoms with Gasteiger partial charge in [-0.25, -0.2) is 0 Å². The Bertz CT molecular complexity index is 970. The van der Waals surface area contributed by atoms with Gasteiger partial charge in [0.05, 0.1) is 0 Å². The van der Waals surface area contributed by atoms with Crippen LogP contribution in [-0.4, -0.2) is 40.4 Å². The number of hydrogen-bond donors (Lipinski definition) is 1. The highest BCUT2D eigenvalue weighted by Gasteiger charge is 2.27. The summed E-state index contributed by atoms with van der Waals surface area (Å²) in [6, 6.07) is 2.17. The number of aromatic nitrogens is 1. The minimum absolute atomic E-state index is 0.0759. The average molecular weight is 442 g/mol. The van der Waals surface area contributed by atoms with E-state index in [0.29, 0.717) is 19.5 Å². The average Bonchev–Trinajstić information content (AvgIpc) is 3.48. The van der Waals surface area contributed by atoms with Crippen molar-refractivity contribution in [1.29, 1.82) is 0 Å². The molecule has 2 aromatic rings. The smallest absolute Gasteiger partial charge is 0.259 e. The molecule has 3 heterocycles. The van der Waals surface area contributed by atoms with E-state index in [9.17, 15) is 14.4 Å². The molecule has 1 saturated heterocycles. The van der Waals surface area contributed by atoms with Gasteiger partial charge in [-0.1, -0.05) is 12.8 Å². The summed E-state index contributed by atoms with van der Waals surface area (Å²) in [6.45, 7) is 3.29. The minimum atomic E-state index is -0.454. The first-order valence-electron chi connectivity index (χ1n) is 11.4. The Morgan fingerprint density at radius 2 is 1.81 bits per heavy atom. The maximum atomic E-state index is 13.2. The summed E-state index contributed by atoms with van der Waals surface area (Å²) < 4.78 is 1.95. The normalized spacial score (nSPS) is 18.2. The van der Waals surface area contributed by atoms with E-state index in [4.69, 9.17) is 0 Å². The Hall–Kier alpha value is -2.41. The van der Waals surface area contributed by atoms with Crippen LogP contribution in [0.5, 0.6) is 0 Å². The fourth-order valence-corrected chi connectivity index (χ4v) is 5.39. The zero-order valence-corrected chi connectivity index (χ0v) is 19.0. The van der Waals surface area contributed by atoms with E-state index in [1.807, 2.05) is 22.9 Å². The lowest BCUT2D eigenvalue weighted by atomic mass is 10.1. The van der Waals surface area contributed by atoms with Crippen molar-refractivity contribution in [3.05, 3.63) is 56.1 Å². The SMILES string of the molecule is CC(Cc1ccsc1)NC(=O)c1cn(C2CCCC2)cc(C(=O)N2CCCCC2)c1=O. The van der Waals surface area contributed by atoms with E-state index in [-0.39, 0.29) is 29.1 Å². The standard InChI is InChI=1S/C24H31N3O3S/c1-17(13-18-9-12-31-16-18)25-23(29)20-14-27(19-7-3-4-8-19)15-21(22(20)28)24(30)26-10-5-2-6-11-26/h9,12,14-17,19H,2-8,10-11,13H2,1H3,(H,25,29). The Kier molecular flexibility index (Phi) is 6.90. The summed E-state index contributed by atoms with van der Waals surface area (Å²) in [5, 5.41) is 7.04. The molecule has 7 heteroatoms. The van der Waals surface area contributed by atoms with E-state index in [1.165, 1.54) is 0 Å². The maximum absolute atomic E-state index is 13.2. The molecule has 2 aliphatic rings. The molecule has 0 aromatic carbocycles. The molecule has 2 aromatic heterocycles. The van der Waals surface area contributed by atoms with Crippen molar-refractivity contribution >= 4 is 23.2 Å². The highest BCUT2D eigenvalue weighted by atomic mass is 32.1. The Morgan fingerprint density at radius 1 is 1.10 bits per heavy atom.